The van der Waals surface area contributed by atoms with E-state index in [0.29, 0.717) is 37.5 Å². The Balaban J connectivity index is 2.45. The normalized spacial score (nSPS) is 20.1. The highest BCUT2D eigenvalue weighted by Gasteiger charge is 2.34. The van der Waals surface area contributed by atoms with E-state index in [9.17, 15) is 10.1 Å². The van der Waals surface area contributed by atoms with Crippen LogP contribution in [0.1, 0.15) is 74.7 Å². The minimum Gasteiger partial charge on any atom is -0.444 e. The molecule has 226 valence electrons. The third kappa shape index (κ3) is 9.91. The summed E-state index contributed by atoms with van der Waals surface area (Å²) in [6, 6.07) is 2.38. The number of amides is 1. The molecule has 42 heavy (non-hydrogen) atoms. The number of ether oxygens (including phenoxy) is 1. The number of hydrogen-bond acceptors (Lipinski definition) is 5. The minimum absolute atomic E-state index is 0.101. The Morgan fingerprint density at radius 1 is 1.14 bits per heavy atom. The first-order valence-corrected chi connectivity index (χ1v) is 14.8. The Morgan fingerprint density at radius 3 is 2.31 bits per heavy atom. The Kier molecular flexibility index (Phi) is 12.6. The zero-order chi connectivity index (χ0) is 31.6. The Labute approximate surface area is 254 Å². The Bertz CT molecular complexity index is 1290. The quantitative estimate of drug-likeness (QED) is 0.142. The van der Waals surface area contributed by atoms with Crippen LogP contribution in [0.2, 0.25) is 0 Å². The standard InChI is InChI=1S/C36H50N4O2/c1-12-15-25(4)20-30(23-37)21-26(5)27(6)22-33(38-14-3)34(32(13-2)31-16-17-31)29(8)40-19-18-39(24-28(40)7)35(41)42-36(9,10)11/h12-15,20-21,28,31H,1,3,6,16-19,22,24H2,2,4-5,7-11H3/b25-15?,26-21+,30-20+,32-13-,34-29+,38-33?/t28-/m0/s1. The number of piperazine rings is 1. The molecule has 6 nitrogen and oxygen atoms in total. The lowest BCUT2D eigenvalue weighted by atomic mass is 9.89. The largest absolute Gasteiger partial charge is 0.444 e. The Morgan fingerprint density at radius 2 is 1.81 bits per heavy atom. The second-order valence-electron chi connectivity index (χ2n) is 12.2. The molecule has 0 aromatic heterocycles. The second-order valence-corrected chi connectivity index (χ2v) is 12.2. The van der Waals surface area contributed by atoms with Gasteiger partial charge in [-0.1, -0.05) is 38.0 Å². The molecular weight excluding hydrogens is 520 g/mol. The van der Waals surface area contributed by atoms with Crippen molar-refractivity contribution < 1.29 is 9.53 Å². The first-order chi connectivity index (χ1) is 19.8. The molecule has 0 radical (unpaired) electrons. The number of allylic oxidation sites excluding steroid dienone is 12. The summed E-state index contributed by atoms with van der Waals surface area (Å²) in [5.74, 6) is 0.506. The number of aliphatic imine (C=N–C) groups is 1. The van der Waals surface area contributed by atoms with Gasteiger partial charge >= 0.3 is 6.09 Å². The van der Waals surface area contributed by atoms with E-state index in [1.165, 1.54) is 5.57 Å². The average molecular weight is 571 g/mol. The summed E-state index contributed by atoms with van der Waals surface area (Å²) < 4.78 is 5.64. The van der Waals surface area contributed by atoms with Crippen molar-refractivity contribution >= 4 is 11.8 Å². The van der Waals surface area contributed by atoms with E-state index in [4.69, 9.17) is 9.73 Å². The molecule has 1 heterocycles. The number of hydrogen-bond donors (Lipinski definition) is 0. The molecular formula is C36H50N4O2. The first kappa shape index (κ1) is 34.4. The van der Waals surface area contributed by atoms with Crippen molar-refractivity contribution in [1.82, 2.24) is 9.80 Å². The van der Waals surface area contributed by atoms with Gasteiger partial charge in [0.1, 0.15) is 5.60 Å². The third-order valence-electron chi connectivity index (χ3n) is 7.43. The molecule has 0 unspecified atom stereocenters. The van der Waals surface area contributed by atoms with Gasteiger partial charge in [0.25, 0.3) is 0 Å². The van der Waals surface area contributed by atoms with Crippen LogP contribution < -0.4 is 0 Å². The number of nitriles is 1. The smallest absolute Gasteiger partial charge is 0.410 e. The fourth-order valence-electron chi connectivity index (χ4n) is 5.23. The topological polar surface area (TPSA) is 68.9 Å². The minimum atomic E-state index is -0.526. The highest BCUT2D eigenvalue weighted by Crippen LogP contribution is 2.42. The average Bonchev–Trinajstić information content (AvgIpc) is 3.75. The lowest BCUT2D eigenvalue weighted by molar-refractivity contribution is 0.0101. The fraction of sp³-hybridized carbons (Fsp3) is 0.472. The predicted molar refractivity (Wildman–Crippen MR) is 176 cm³/mol. The predicted octanol–water partition coefficient (Wildman–Crippen LogP) is 8.62. The maximum Gasteiger partial charge on any atom is 0.410 e. The van der Waals surface area contributed by atoms with E-state index in [0.717, 1.165) is 46.5 Å². The van der Waals surface area contributed by atoms with Crippen molar-refractivity contribution in [2.75, 3.05) is 19.6 Å². The van der Waals surface area contributed by atoms with Crippen LogP contribution in [0.15, 0.2) is 100 Å². The molecule has 2 fully saturated rings. The number of carbonyl (C=O) groups is 1. The van der Waals surface area contributed by atoms with Gasteiger partial charge in [0.2, 0.25) is 0 Å². The van der Waals surface area contributed by atoms with Gasteiger partial charge in [-0.2, -0.15) is 5.26 Å². The van der Waals surface area contributed by atoms with Gasteiger partial charge in [-0.15, -0.1) is 0 Å². The summed E-state index contributed by atoms with van der Waals surface area (Å²) in [7, 11) is 0. The summed E-state index contributed by atoms with van der Waals surface area (Å²) in [6.45, 7) is 29.9. The van der Waals surface area contributed by atoms with Crippen LogP contribution in [-0.2, 0) is 4.74 Å². The lowest BCUT2D eigenvalue weighted by Crippen LogP contribution is -2.54. The molecule has 0 aromatic rings. The first-order valence-electron chi connectivity index (χ1n) is 14.8. The van der Waals surface area contributed by atoms with Crippen molar-refractivity contribution in [3.05, 3.63) is 95.5 Å². The molecule has 1 amide bonds. The molecule has 0 bridgehead atoms. The molecule has 2 rings (SSSR count). The van der Waals surface area contributed by atoms with Crippen LogP contribution in [-0.4, -0.2) is 52.9 Å². The SMILES string of the molecule is C=CC=C(C)/C=C(C#N)\C=C(/C)C(=C)CC(=NC=C)C(/C(=C\C)C1CC1)=C(\C)N1CCN(C(=O)OC(C)(C)C)C[C@@H]1C. The zero-order valence-electron chi connectivity index (χ0n) is 27.1. The third-order valence-corrected chi connectivity index (χ3v) is 7.43. The molecule has 1 aliphatic carbocycles. The van der Waals surface area contributed by atoms with E-state index in [2.05, 4.69) is 57.6 Å². The molecule has 0 spiro atoms. The van der Waals surface area contributed by atoms with E-state index in [-0.39, 0.29) is 12.1 Å². The summed E-state index contributed by atoms with van der Waals surface area (Å²) in [5, 5.41) is 9.72. The molecule has 1 atom stereocenters. The van der Waals surface area contributed by atoms with Crippen molar-refractivity contribution in [2.45, 2.75) is 86.3 Å². The highest BCUT2D eigenvalue weighted by molar-refractivity contribution is 6.06. The summed E-state index contributed by atoms with van der Waals surface area (Å²) in [4.78, 5) is 21.8. The monoisotopic (exact) mass is 570 g/mol. The van der Waals surface area contributed by atoms with E-state index < -0.39 is 5.60 Å². The maximum atomic E-state index is 12.8. The van der Waals surface area contributed by atoms with Gasteiger partial charge in [-0.25, -0.2) is 4.79 Å². The van der Waals surface area contributed by atoms with Gasteiger partial charge in [0.15, 0.2) is 0 Å². The Hall–Kier alpha value is -3.85. The molecule has 6 heteroatoms. The number of rotatable bonds is 11. The van der Waals surface area contributed by atoms with Crippen molar-refractivity contribution in [2.24, 2.45) is 10.9 Å². The van der Waals surface area contributed by atoms with E-state index >= 15 is 0 Å². The van der Waals surface area contributed by atoms with Gasteiger partial charge < -0.3 is 14.5 Å². The van der Waals surface area contributed by atoms with Crippen LogP contribution in [0.4, 0.5) is 4.79 Å². The van der Waals surface area contributed by atoms with Crippen LogP contribution >= 0.6 is 0 Å². The number of nitrogens with zero attached hydrogens (tertiary/aromatic N) is 4. The molecule has 1 saturated heterocycles. The summed E-state index contributed by atoms with van der Waals surface area (Å²) in [6.07, 6.45) is 13.7. The highest BCUT2D eigenvalue weighted by atomic mass is 16.6. The van der Waals surface area contributed by atoms with Crippen molar-refractivity contribution in [3.8, 4) is 6.07 Å². The lowest BCUT2D eigenvalue weighted by Gasteiger charge is -2.42. The van der Waals surface area contributed by atoms with Gasteiger partial charge in [0, 0.05) is 49.6 Å². The zero-order valence-corrected chi connectivity index (χ0v) is 27.1. The molecule has 2 aliphatic rings. The van der Waals surface area contributed by atoms with Gasteiger partial charge in [-0.05, 0) is 109 Å². The molecule has 0 N–H and O–H groups in total. The van der Waals surface area contributed by atoms with E-state index in [1.807, 2.05) is 52.8 Å². The molecule has 0 aromatic carbocycles. The number of carbonyl (C=O) groups excluding carboxylic acids is 1. The second kappa shape index (κ2) is 15.4. The molecule has 1 saturated carbocycles. The fourth-order valence-corrected chi connectivity index (χ4v) is 5.23. The van der Waals surface area contributed by atoms with Crippen LogP contribution in [0, 0.1) is 17.2 Å². The van der Waals surface area contributed by atoms with Crippen LogP contribution in [0.3, 0.4) is 0 Å². The van der Waals surface area contributed by atoms with Crippen LogP contribution in [0.5, 0.6) is 0 Å². The maximum absolute atomic E-state index is 12.8. The summed E-state index contributed by atoms with van der Waals surface area (Å²) >= 11 is 0. The van der Waals surface area contributed by atoms with Crippen LogP contribution in [0.25, 0.3) is 0 Å². The van der Waals surface area contributed by atoms with E-state index in [1.54, 1.807) is 17.2 Å². The van der Waals surface area contributed by atoms with Gasteiger partial charge in [0.05, 0.1) is 17.4 Å². The molecule has 1 aliphatic heterocycles. The van der Waals surface area contributed by atoms with Crippen molar-refractivity contribution in [3.63, 3.8) is 0 Å². The van der Waals surface area contributed by atoms with Gasteiger partial charge in [-0.3, -0.25) is 4.99 Å². The van der Waals surface area contributed by atoms with Crippen molar-refractivity contribution in [1.29, 1.82) is 5.26 Å². The summed E-state index contributed by atoms with van der Waals surface area (Å²) in [5.41, 5.74) is 7.28.